The SMILES string of the molecule is Cc1nc2c(O)cc(Cl)cn2c1C. The summed E-state index contributed by atoms with van der Waals surface area (Å²) in [5.74, 6) is 0.115. The molecule has 0 bridgehead atoms. The number of aromatic nitrogens is 2. The van der Waals surface area contributed by atoms with Crippen LogP contribution >= 0.6 is 11.6 Å². The van der Waals surface area contributed by atoms with E-state index in [1.807, 2.05) is 13.8 Å². The molecule has 0 fully saturated rings. The minimum absolute atomic E-state index is 0.115. The Hall–Kier alpha value is -1.22. The van der Waals surface area contributed by atoms with Gasteiger partial charge >= 0.3 is 0 Å². The minimum Gasteiger partial charge on any atom is -0.504 e. The fraction of sp³-hybridized carbons (Fsp3) is 0.222. The second-order valence-corrected chi connectivity index (χ2v) is 3.46. The third kappa shape index (κ3) is 1.16. The lowest BCUT2D eigenvalue weighted by Crippen LogP contribution is -1.87. The molecule has 68 valence electrons. The second-order valence-electron chi connectivity index (χ2n) is 3.02. The summed E-state index contributed by atoms with van der Waals surface area (Å²) in [7, 11) is 0. The van der Waals surface area contributed by atoms with Crippen LogP contribution in [-0.4, -0.2) is 14.5 Å². The van der Waals surface area contributed by atoms with Crippen molar-refractivity contribution in [1.82, 2.24) is 9.38 Å². The Morgan fingerprint density at radius 2 is 2.15 bits per heavy atom. The van der Waals surface area contributed by atoms with Crippen LogP contribution in [0.25, 0.3) is 5.65 Å². The van der Waals surface area contributed by atoms with Gasteiger partial charge in [0.05, 0.1) is 10.7 Å². The van der Waals surface area contributed by atoms with Gasteiger partial charge in [-0.2, -0.15) is 0 Å². The number of aryl methyl sites for hydroxylation is 2. The van der Waals surface area contributed by atoms with Gasteiger partial charge in [0.25, 0.3) is 0 Å². The zero-order valence-electron chi connectivity index (χ0n) is 7.37. The molecule has 2 heterocycles. The molecule has 2 aromatic heterocycles. The maximum atomic E-state index is 9.52. The van der Waals surface area contributed by atoms with Crippen LogP contribution in [0.15, 0.2) is 12.3 Å². The molecule has 0 aliphatic rings. The number of pyridine rings is 1. The normalized spacial score (nSPS) is 11.0. The molecule has 0 aliphatic heterocycles. The standard InChI is InChI=1S/C9H9ClN2O/c1-5-6(2)12-4-7(10)3-8(13)9(12)11-5/h3-4,13H,1-2H3. The predicted octanol–water partition coefficient (Wildman–Crippen LogP) is 2.31. The van der Waals surface area contributed by atoms with Gasteiger partial charge in [0.1, 0.15) is 0 Å². The summed E-state index contributed by atoms with van der Waals surface area (Å²) in [6, 6.07) is 1.49. The van der Waals surface area contributed by atoms with Crippen LogP contribution in [0.5, 0.6) is 5.75 Å². The Balaban J connectivity index is 2.94. The molecule has 0 atom stereocenters. The van der Waals surface area contributed by atoms with Gasteiger partial charge in [-0.15, -0.1) is 0 Å². The average molecular weight is 197 g/mol. The number of halogens is 1. The maximum absolute atomic E-state index is 9.52. The highest BCUT2D eigenvalue weighted by Gasteiger charge is 2.08. The summed E-state index contributed by atoms with van der Waals surface area (Å²) >= 11 is 5.80. The molecule has 0 spiro atoms. The van der Waals surface area contributed by atoms with Crippen LogP contribution < -0.4 is 0 Å². The maximum Gasteiger partial charge on any atom is 0.179 e. The Morgan fingerprint density at radius 1 is 1.46 bits per heavy atom. The van der Waals surface area contributed by atoms with Crippen molar-refractivity contribution in [2.45, 2.75) is 13.8 Å². The van der Waals surface area contributed by atoms with E-state index in [4.69, 9.17) is 11.6 Å². The van der Waals surface area contributed by atoms with Crippen LogP contribution in [0, 0.1) is 13.8 Å². The first kappa shape index (κ1) is 8.38. The lowest BCUT2D eigenvalue weighted by molar-refractivity contribution is 0.477. The van der Waals surface area contributed by atoms with E-state index in [2.05, 4.69) is 4.98 Å². The van der Waals surface area contributed by atoms with Crippen molar-refractivity contribution < 1.29 is 5.11 Å². The molecule has 0 saturated carbocycles. The number of nitrogens with zero attached hydrogens (tertiary/aromatic N) is 2. The summed E-state index contributed by atoms with van der Waals surface area (Å²) < 4.78 is 1.78. The molecule has 3 nitrogen and oxygen atoms in total. The zero-order chi connectivity index (χ0) is 9.59. The summed E-state index contributed by atoms with van der Waals surface area (Å²) in [5.41, 5.74) is 2.45. The largest absolute Gasteiger partial charge is 0.504 e. The first-order valence-electron chi connectivity index (χ1n) is 3.93. The van der Waals surface area contributed by atoms with E-state index in [0.717, 1.165) is 11.4 Å². The van der Waals surface area contributed by atoms with Crippen LogP contribution in [0.3, 0.4) is 0 Å². The Labute approximate surface area is 80.6 Å². The van der Waals surface area contributed by atoms with Crippen molar-refractivity contribution in [2.75, 3.05) is 0 Å². The first-order chi connectivity index (χ1) is 6.09. The van der Waals surface area contributed by atoms with Crippen LogP contribution in [0.1, 0.15) is 11.4 Å². The van der Waals surface area contributed by atoms with Gasteiger partial charge in [-0.1, -0.05) is 11.6 Å². The highest BCUT2D eigenvalue weighted by molar-refractivity contribution is 6.30. The molecule has 0 saturated heterocycles. The number of fused-ring (bicyclic) bond motifs is 1. The van der Waals surface area contributed by atoms with E-state index in [-0.39, 0.29) is 5.75 Å². The van der Waals surface area contributed by atoms with E-state index in [0.29, 0.717) is 10.7 Å². The van der Waals surface area contributed by atoms with E-state index in [9.17, 15) is 5.11 Å². The van der Waals surface area contributed by atoms with Crippen LogP contribution in [0.4, 0.5) is 0 Å². The molecular formula is C9H9ClN2O. The number of rotatable bonds is 0. The van der Waals surface area contributed by atoms with Gasteiger partial charge in [0, 0.05) is 18.0 Å². The average Bonchev–Trinajstić information content (AvgIpc) is 2.32. The first-order valence-corrected chi connectivity index (χ1v) is 4.31. The fourth-order valence-electron chi connectivity index (χ4n) is 1.32. The quantitative estimate of drug-likeness (QED) is 0.702. The van der Waals surface area contributed by atoms with Crippen molar-refractivity contribution >= 4 is 17.2 Å². The van der Waals surface area contributed by atoms with Gasteiger partial charge in [0.15, 0.2) is 11.4 Å². The lowest BCUT2D eigenvalue weighted by Gasteiger charge is -1.99. The molecule has 2 aromatic rings. The number of hydrogen-bond acceptors (Lipinski definition) is 2. The van der Waals surface area contributed by atoms with Gasteiger partial charge in [-0.25, -0.2) is 4.98 Å². The molecule has 0 radical (unpaired) electrons. The predicted molar refractivity (Wildman–Crippen MR) is 51.3 cm³/mol. The Kier molecular flexibility index (Phi) is 1.70. The second kappa shape index (κ2) is 2.64. The van der Waals surface area contributed by atoms with Crippen LogP contribution in [-0.2, 0) is 0 Å². The zero-order valence-corrected chi connectivity index (χ0v) is 8.13. The van der Waals surface area contributed by atoms with Gasteiger partial charge in [0.2, 0.25) is 0 Å². The molecule has 1 N–H and O–H groups in total. The lowest BCUT2D eigenvalue weighted by atomic mass is 10.4. The van der Waals surface area contributed by atoms with Crippen molar-refractivity contribution in [3.8, 4) is 5.75 Å². The van der Waals surface area contributed by atoms with Crippen molar-refractivity contribution in [3.05, 3.63) is 28.7 Å². The molecule has 0 unspecified atom stereocenters. The number of imidazole rings is 1. The van der Waals surface area contributed by atoms with E-state index >= 15 is 0 Å². The third-order valence-corrected chi connectivity index (χ3v) is 2.35. The monoisotopic (exact) mass is 196 g/mol. The summed E-state index contributed by atoms with van der Waals surface area (Å²) in [6.45, 7) is 3.83. The smallest absolute Gasteiger partial charge is 0.179 e. The summed E-state index contributed by atoms with van der Waals surface area (Å²) in [6.07, 6.45) is 1.74. The number of hydrogen-bond donors (Lipinski definition) is 1. The van der Waals surface area contributed by atoms with Crippen molar-refractivity contribution in [3.63, 3.8) is 0 Å². The van der Waals surface area contributed by atoms with E-state index in [1.54, 1.807) is 10.6 Å². The molecular weight excluding hydrogens is 188 g/mol. The van der Waals surface area contributed by atoms with Gasteiger partial charge < -0.3 is 5.11 Å². The van der Waals surface area contributed by atoms with E-state index < -0.39 is 0 Å². The fourth-order valence-corrected chi connectivity index (χ4v) is 1.52. The van der Waals surface area contributed by atoms with Gasteiger partial charge in [-0.05, 0) is 13.8 Å². The van der Waals surface area contributed by atoms with Crippen molar-refractivity contribution in [1.29, 1.82) is 0 Å². The molecule has 0 aromatic carbocycles. The molecule has 2 rings (SSSR count). The molecule has 0 amide bonds. The highest BCUT2D eigenvalue weighted by atomic mass is 35.5. The molecule has 4 heteroatoms. The minimum atomic E-state index is 0.115. The van der Waals surface area contributed by atoms with Crippen molar-refractivity contribution in [2.24, 2.45) is 0 Å². The van der Waals surface area contributed by atoms with Crippen LogP contribution in [0.2, 0.25) is 5.02 Å². The molecule has 13 heavy (non-hydrogen) atoms. The number of aromatic hydroxyl groups is 1. The Morgan fingerprint density at radius 3 is 2.85 bits per heavy atom. The molecule has 0 aliphatic carbocycles. The van der Waals surface area contributed by atoms with Gasteiger partial charge in [-0.3, -0.25) is 4.40 Å². The Bertz CT molecular complexity index is 476. The summed E-state index contributed by atoms with van der Waals surface area (Å²) in [5, 5.41) is 10.0. The topological polar surface area (TPSA) is 37.5 Å². The third-order valence-electron chi connectivity index (χ3n) is 2.14. The summed E-state index contributed by atoms with van der Waals surface area (Å²) in [4.78, 5) is 4.21. The van der Waals surface area contributed by atoms with E-state index in [1.165, 1.54) is 6.07 Å². The highest BCUT2D eigenvalue weighted by Crippen LogP contribution is 2.24.